The van der Waals surface area contributed by atoms with Crippen LogP contribution in [0.25, 0.3) is 11.1 Å². The van der Waals surface area contributed by atoms with E-state index >= 15 is 0 Å². The minimum absolute atomic E-state index is 0.103. The third kappa shape index (κ3) is 5.67. The summed E-state index contributed by atoms with van der Waals surface area (Å²) in [4.78, 5) is 28.6. The number of hydrogen-bond donors (Lipinski definition) is 1. The quantitative estimate of drug-likeness (QED) is 0.476. The first-order chi connectivity index (χ1) is 13.1. The van der Waals surface area contributed by atoms with E-state index in [9.17, 15) is 9.59 Å². The molecule has 138 valence electrons. The maximum Gasteiger partial charge on any atom is 0.311 e. The number of anilines is 1. The van der Waals surface area contributed by atoms with Crippen molar-refractivity contribution in [1.82, 2.24) is 4.98 Å². The molecule has 0 aliphatic heterocycles. The summed E-state index contributed by atoms with van der Waals surface area (Å²) in [5.41, 5.74) is 2.90. The zero-order chi connectivity index (χ0) is 19.1. The SMILES string of the molecule is COC(=O)Cc1csc(NC(=O)CSc2ccc(-c3ccccc3)cc2)n1. The van der Waals surface area contributed by atoms with Gasteiger partial charge in [0, 0.05) is 10.3 Å². The number of thioether (sulfide) groups is 1. The maximum absolute atomic E-state index is 12.1. The number of carbonyl (C=O) groups is 2. The molecule has 5 nitrogen and oxygen atoms in total. The normalized spacial score (nSPS) is 10.4. The number of thiazole rings is 1. The number of ether oxygens (including phenoxy) is 1. The van der Waals surface area contributed by atoms with Crippen LogP contribution in [0.4, 0.5) is 5.13 Å². The van der Waals surface area contributed by atoms with Crippen LogP contribution in [0.15, 0.2) is 64.9 Å². The molecule has 1 amide bonds. The molecule has 0 radical (unpaired) electrons. The number of benzene rings is 2. The highest BCUT2D eigenvalue weighted by Crippen LogP contribution is 2.24. The topological polar surface area (TPSA) is 68.3 Å². The number of hydrogen-bond acceptors (Lipinski definition) is 6. The molecule has 0 saturated carbocycles. The van der Waals surface area contributed by atoms with Crippen LogP contribution in [0.2, 0.25) is 0 Å². The van der Waals surface area contributed by atoms with Crippen LogP contribution >= 0.6 is 23.1 Å². The van der Waals surface area contributed by atoms with Crippen LogP contribution in [0.5, 0.6) is 0 Å². The van der Waals surface area contributed by atoms with Crippen molar-refractivity contribution < 1.29 is 14.3 Å². The van der Waals surface area contributed by atoms with Crippen molar-refractivity contribution >= 4 is 40.1 Å². The Bertz CT molecular complexity index is 908. The van der Waals surface area contributed by atoms with Crippen molar-refractivity contribution in [1.29, 1.82) is 0 Å². The standard InChI is InChI=1S/C20H18N2O3S2/c1-25-19(24)11-16-12-27-20(21-16)22-18(23)13-26-17-9-7-15(8-10-17)14-5-3-2-4-6-14/h2-10,12H,11,13H2,1H3,(H,21,22,23). The Morgan fingerprint density at radius 3 is 2.48 bits per heavy atom. The Morgan fingerprint density at radius 2 is 1.78 bits per heavy atom. The maximum atomic E-state index is 12.1. The van der Waals surface area contributed by atoms with E-state index in [0.717, 1.165) is 10.5 Å². The van der Waals surface area contributed by atoms with Crippen LogP contribution < -0.4 is 5.32 Å². The largest absolute Gasteiger partial charge is 0.469 e. The number of methoxy groups -OCH3 is 1. The van der Waals surface area contributed by atoms with E-state index in [1.807, 2.05) is 30.3 Å². The van der Waals surface area contributed by atoms with Gasteiger partial charge in [0.1, 0.15) is 0 Å². The number of nitrogens with zero attached hydrogens (tertiary/aromatic N) is 1. The minimum Gasteiger partial charge on any atom is -0.469 e. The highest BCUT2D eigenvalue weighted by atomic mass is 32.2. The second-order valence-electron chi connectivity index (χ2n) is 5.62. The third-order valence-electron chi connectivity index (χ3n) is 3.68. The Labute approximate surface area is 165 Å². The molecule has 0 aliphatic carbocycles. The number of aromatic nitrogens is 1. The van der Waals surface area contributed by atoms with Crippen LogP contribution in [-0.2, 0) is 20.7 Å². The number of rotatable bonds is 7. The van der Waals surface area contributed by atoms with Gasteiger partial charge in [0.15, 0.2) is 5.13 Å². The van der Waals surface area contributed by atoms with Gasteiger partial charge in [0.2, 0.25) is 5.91 Å². The summed E-state index contributed by atoms with van der Waals surface area (Å²) in [6, 6.07) is 18.3. The fourth-order valence-corrected chi connectivity index (χ4v) is 3.77. The van der Waals surface area contributed by atoms with E-state index in [0.29, 0.717) is 10.8 Å². The summed E-state index contributed by atoms with van der Waals surface area (Å²) < 4.78 is 4.60. The molecule has 0 saturated heterocycles. The molecule has 0 aliphatic rings. The van der Waals surface area contributed by atoms with Gasteiger partial charge in [-0.15, -0.1) is 23.1 Å². The highest BCUT2D eigenvalue weighted by molar-refractivity contribution is 8.00. The smallest absolute Gasteiger partial charge is 0.311 e. The fourth-order valence-electron chi connectivity index (χ4n) is 2.34. The first-order valence-electron chi connectivity index (χ1n) is 8.23. The molecule has 0 fully saturated rings. The van der Waals surface area contributed by atoms with Gasteiger partial charge >= 0.3 is 5.97 Å². The van der Waals surface area contributed by atoms with Gasteiger partial charge in [-0.3, -0.25) is 9.59 Å². The van der Waals surface area contributed by atoms with Crippen LogP contribution in [0, 0.1) is 0 Å². The fraction of sp³-hybridized carbons (Fsp3) is 0.150. The van der Waals surface area contributed by atoms with Crippen LogP contribution in [0.1, 0.15) is 5.69 Å². The lowest BCUT2D eigenvalue weighted by Gasteiger charge is -2.05. The summed E-state index contributed by atoms with van der Waals surface area (Å²) >= 11 is 2.75. The molecule has 1 heterocycles. The molecular weight excluding hydrogens is 380 g/mol. The molecule has 27 heavy (non-hydrogen) atoms. The van der Waals surface area contributed by atoms with Gasteiger partial charge in [-0.05, 0) is 23.3 Å². The summed E-state index contributed by atoms with van der Waals surface area (Å²) in [5, 5.41) is 4.98. The average molecular weight is 399 g/mol. The average Bonchev–Trinajstić information content (AvgIpc) is 3.14. The van der Waals surface area contributed by atoms with Gasteiger partial charge in [-0.2, -0.15) is 0 Å². The lowest BCUT2D eigenvalue weighted by Crippen LogP contribution is -2.14. The number of carbonyl (C=O) groups excluding carboxylic acids is 2. The van der Waals surface area contributed by atoms with Crippen LogP contribution in [0.3, 0.4) is 0 Å². The van der Waals surface area contributed by atoms with Gasteiger partial charge < -0.3 is 10.1 Å². The molecule has 7 heteroatoms. The lowest BCUT2D eigenvalue weighted by atomic mass is 10.1. The molecule has 0 spiro atoms. The first kappa shape index (κ1) is 19.1. The van der Waals surface area contributed by atoms with Gasteiger partial charge in [-0.25, -0.2) is 4.98 Å². The highest BCUT2D eigenvalue weighted by Gasteiger charge is 2.10. The molecule has 0 unspecified atom stereocenters. The van der Waals surface area contributed by atoms with Gasteiger partial charge in [0.25, 0.3) is 0 Å². The van der Waals surface area contributed by atoms with Gasteiger partial charge in [-0.1, -0.05) is 42.5 Å². The van der Waals surface area contributed by atoms with Crippen LogP contribution in [-0.4, -0.2) is 29.7 Å². The second-order valence-corrected chi connectivity index (χ2v) is 7.53. The van der Waals surface area contributed by atoms with Crippen molar-refractivity contribution in [3.8, 4) is 11.1 Å². The molecular formula is C20H18N2O3S2. The lowest BCUT2D eigenvalue weighted by molar-refractivity contribution is -0.139. The number of amides is 1. The van der Waals surface area contributed by atoms with Crippen molar-refractivity contribution in [2.45, 2.75) is 11.3 Å². The Balaban J connectivity index is 1.50. The molecule has 0 bridgehead atoms. The van der Waals surface area contributed by atoms with Gasteiger partial charge in [0.05, 0.1) is 25.0 Å². The summed E-state index contributed by atoms with van der Waals surface area (Å²) in [6.45, 7) is 0. The zero-order valence-corrected chi connectivity index (χ0v) is 16.3. The van der Waals surface area contributed by atoms with E-state index in [4.69, 9.17) is 0 Å². The predicted molar refractivity (Wildman–Crippen MR) is 109 cm³/mol. The van der Waals surface area contributed by atoms with E-state index in [2.05, 4.69) is 39.3 Å². The zero-order valence-electron chi connectivity index (χ0n) is 14.7. The Morgan fingerprint density at radius 1 is 1.07 bits per heavy atom. The molecule has 1 aromatic heterocycles. The number of nitrogens with one attached hydrogen (secondary N) is 1. The van der Waals surface area contributed by atoms with E-state index in [1.165, 1.54) is 35.8 Å². The molecule has 1 N–H and O–H groups in total. The number of esters is 1. The van der Waals surface area contributed by atoms with Crippen molar-refractivity contribution in [2.75, 3.05) is 18.2 Å². The molecule has 2 aromatic carbocycles. The minimum atomic E-state index is -0.354. The predicted octanol–water partition coefficient (Wildman–Crippen LogP) is 4.26. The third-order valence-corrected chi connectivity index (χ3v) is 5.50. The van der Waals surface area contributed by atoms with E-state index < -0.39 is 0 Å². The van der Waals surface area contributed by atoms with Crippen molar-refractivity contribution in [3.05, 3.63) is 65.7 Å². The monoisotopic (exact) mass is 398 g/mol. The summed E-state index contributed by atoms with van der Waals surface area (Å²) in [6.07, 6.45) is 0.103. The Kier molecular flexibility index (Phi) is 6.62. The molecule has 3 rings (SSSR count). The molecule has 3 aromatic rings. The van der Waals surface area contributed by atoms with Crippen molar-refractivity contribution in [2.24, 2.45) is 0 Å². The summed E-state index contributed by atoms with van der Waals surface area (Å²) in [5.74, 6) is -0.199. The first-order valence-corrected chi connectivity index (χ1v) is 10.1. The van der Waals surface area contributed by atoms with E-state index in [-0.39, 0.29) is 24.1 Å². The summed E-state index contributed by atoms with van der Waals surface area (Å²) in [7, 11) is 1.33. The van der Waals surface area contributed by atoms with E-state index in [1.54, 1.807) is 5.38 Å². The second kappa shape index (κ2) is 9.34. The Hall–Kier alpha value is -2.64. The molecule has 0 atom stereocenters. The van der Waals surface area contributed by atoms with Crippen molar-refractivity contribution in [3.63, 3.8) is 0 Å².